The zero-order valence-electron chi connectivity index (χ0n) is 18.6. The quantitative estimate of drug-likeness (QED) is 0.439. The number of carbonyl (C=O) groups is 1. The fraction of sp³-hybridized carbons (Fsp3) is 0.296. The van der Waals surface area contributed by atoms with Crippen molar-refractivity contribution >= 4 is 27.8 Å². The molecule has 1 N–H and O–H groups in total. The minimum absolute atomic E-state index is 0.125. The number of nitrogens with zero attached hydrogens (tertiary/aromatic N) is 1. The van der Waals surface area contributed by atoms with Gasteiger partial charge in [0.05, 0.1) is 19.8 Å². The molecule has 0 aliphatic carbocycles. The minimum Gasteiger partial charge on any atom is -0.492 e. The highest BCUT2D eigenvalue weighted by Gasteiger charge is 2.40. The summed E-state index contributed by atoms with van der Waals surface area (Å²) in [4.78, 5) is 11.2. The van der Waals surface area contributed by atoms with Gasteiger partial charge in [-0.05, 0) is 36.2 Å². The van der Waals surface area contributed by atoms with Gasteiger partial charge in [0, 0.05) is 34.6 Å². The Morgan fingerprint density at radius 3 is 2.12 bits per heavy atom. The first-order chi connectivity index (χ1) is 16.0. The highest BCUT2D eigenvalue weighted by atomic mass is 16.7. The zero-order valence-corrected chi connectivity index (χ0v) is 18.6. The van der Waals surface area contributed by atoms with Crippen LogP contribution in [0.5, 0.6) is 5.75 Å². The molecule has 0 saturated carbocycles. The third-order valence-electron chi connectivity index (χ3n) is 6.29. The van der Waals surface area contributed by atoms with Crippen LogP contribution in [0, 0.1) is 5.92 Å². The predicted octanol–water partition coefficient (Wildman–Crippen LogP) is 4.88. The second-order valence-corrected chi connectivity index (χ2v) is 8.62. The third kappa shape index (κ3) is 4.32. The van der Waals surface area contributed by atoms with Gasteiger partial charge < -0.3 is 23.9 Å². The number of para-hydroxylation sites is 2. The van der Waals surface area contributed by atoms with Crippen LogP contribution < -0.4 is 4.74 Å². The molecular weight excluding hydrogens is 418 g/mol. The van der Waals surface area contributed by atoms with Crippen LogP contribution in [-0.2, 0) is 27.2 Å². The van der Waals surface area contributed by atoms with Gasteiger partial charge >= 0.3 is 5.97 Å². The molecule has 6 heteroatoms. The summed E-state index contributed by atoms with van der Waals surface area (Å²) >= 11 is 0. The molecule has 0 atom stereocenters. The minimum atomic E-state index is -1.54. The number of carboxylic acids is 1. The molecular formula is C27H27NO5. The largest absolute Gasteiger partial charge is 0.492 e. The van der Waals surface area contributed by atoms with E-state index in [1.165, 1.54) is 28.7 Å². The second-order valence-electron chi connectivity index (χ2n) is 8.62. The summed E-state index contributed by atoms with van der Waals surface area (Å²) in [5.74, 6) is -1.68. The van der Waals surface area contributed by atoms with Gasteiger partial charge in [-0.15, -0.1) is 0 Å². The van der Waals surface area contributed by atoms with Gasteiger partial charge in [0.1, 0.15) is 12.4 Å². The molecule has 0 bridgehead atoms. The molecule has 1 aromatic heterocycles. The number of rotatable bonds is 7. The molecule has 4 aromatic rings. The van der Waals surface area contributed by atoms with Gasteiger partial charge in [-0.1, -0.05) is 48.5 Å². The molecule has 0 unspecified atom stereocenters. The number of carboxylic acid groups (broad SMARTS) is 1. The van der Waals surface area contributed by atoms with Crippen molar-refractivity contribution in [2.75, 3.05) is 19.8 Å². The fourth-order valence-electron chi connectivity index (χ4n) is 4.44. The highest BCUT2D eigenvalue weighted by molar-refractivity contribution is 6.07. The van der Waals surface area contributed by atoms with Crippen LogP contribution in [0.3, 0.4) is 0 Å². The SMILES string of the molecule is C[C@]1(C(=O)O)OC[C@@H](Cc2ccc(OCCn3c4ccccc4c4ccccc43)cc2)CO1. The Labute approximate surface area is 192 Å². The monoisotopic (exact) mass is 445 g/mol. The third-order valence-corrected chi connectivity index (χ3v) is 6.29. The lowest BCUT2D eigenvalue weighted by molar-refractivity contribution is -0.270. The maximum Gasteiger partial charge on any atom is 0.364 e. The van der Waals surface area contributed by atoms with E-state index in [1.54, 1.807) is 0 Å². The van der Waals surface area contributed by atoms with E-state index < -0.39 is 11.8 Å². The van der Waals surface area contributed by atoms with Gasteiger partial charge in [-0.3, -0.25) is 0 Å². The molecule has 1 fully saturated rings. The fourth-order valence-corrected chi connectivity index (χ4v) is 4.44. The summed E-state index contributed by atoms with van der Waals surface area (Å²) < 4.78 is 19.2. The van der Waals surface area contributed by atoms with E-state index in [9.17, 15) is 9.90 Å². The van der Waals surface area contributed by atoms with E-state index in [0.29, 0.717) is 19.8 Å². The lowest BCUT2D eigenvalue weighted by Crippen LogP contribution is -2.48. The summed E-state index contributed by atoms with van der Waals surface area (Å²) in [5.41, 5.74) is 3.57. The maximum absolute atomic E-state index is 11.2. The van der Waals surface area contributed by atoms with Crippen LogP contribution in [0.2, 0.25) is 0 Å². The summed E-state index contributed by atoms with van der Waals surface area (Å²) in [6.45, 7) is 3.49. The molecule has 5 rings (SSSR count). The Kier molecular flexibility index (Phi) is 5.79. The molecule has 1 aliphatic rings. The van der Waals surface area contributed by atoms with Gasteiger partial charge in [0.25, 0.3) is 5.79 Å². The zero-order chi connectivity index (χ0) is 22.8. The van der Waals surface area contributed by atoms with Crippen molar-refractivity contribution in [3.63, 3.8) is 0 Å². The molecule has 6 nitrogen and oxygen atoms in total. The summed E-state index contributed by atoms with van der Waals surface area (Å²) in [6, 6.07) is 25.0. The Bertz CT molecular complexity index is 1220. The molecule has 33 heavy (non-hydrogen) atoms. The van der Waals surface area contributed by atoms with Crippen molar-refractivity contribution in [3.05, 3.63) is 78.4 Å². The number of fused-ring (bicyclic) bond motifs is 3. The van der Waals surface area contributed by atoms with Crippen LogP contribution in [-0.4, -0.2) is 41.3 Å². The summed E-state index contributed by atoms with van der Waals surface area (Å²) in [5, 5.41) is 11.7. The van der Waals surface area contributed by atoms with E-state index in [0.717, 1.165) is 24.3 Å². The number of ether oxygens (including phenoxy) is 3. The second kappa shape index (κ2) is 8.89. The van der Waals surface area contributed by atoms with E-state index >= 15 is 0 Å². The first-order valence-electron chi connectivity index (χ1n) is 11.2. The lowest BCUT2D eigenvalue weighted by atomic mass is 9.99. The summed E-state index contributed by atoms with van der Waals surface area (Å²) in [7, 11) is 0. The van der Waals surface area contributed by atoms with E-state index in [4.69, 9.17) is 14.2 Å². The number of aliphatic carboxylic acids is 1. The average molecular weight is 446 g/mol. The normalized spacial score (nSPS) is 20.8. The van der Waals surface area contributed by atoms with Crippen molar-refractivity contribution in [2.45, 2.75) is 25.7 Å². The molecule has 1 saturated heterocycles. The van der Waals surface area contributed by atoms with Crippen molar-refractivity contribution in [1.82, 2.24) is 4.57 Å². The first kappa shape index (κ1) is 21.5. The molecule has 0 spiro atoms. The van der Waals surface area contributed by atoms with Crippen molar-refractivity contribution in [3.8, 4) is 5.75 Å². The van der Waals surface area contributed by atoms with Crippen LogP contribution in [0.15, 0.2) is 72.8 Å². The number of hydrogen-bond acceptors (Lipinski definition) is 4. The Balaban J connectivity index is 1.19. The maximum atomic E-state index is 11.2. The van der Waals surface area contributed by atoms with E-state index in [-0.39, 0.29) is 5.92 Å². The number of hydrogen-bond donors (Lipinski definition) is 1. The van der Waals surface area contributed by atoms with Gasteiger partial charge in [-0.2, -0.15) is 0 Å². The Hall–Kier alpha value is -3.35. The Morgan fingerprint density at radius 2 is 1.55 bits per heavy atom. The average Bonchev–Trinajstić information content (AvgIpc) is 3.16. The standard InChI is InChI=1S/C27H27NO5/c1-27(26(29)30)32-17-20(18-33-27)16-19-10-12-21(13-11-19)31-15-14-28-24-8-4-2-6-22(24)23-7-3-5-9-25(23)28/h2-13,20H,14-18H2,1H3,(H,29,30)/t20-,27+. The van der Waals surface area contributed by atoms with Crippen LogP contribution >= 0.6 is 0 Å². The van der Waals surface area contributed by atoms with E-state index in [1.807, 2.05) is 24.3 Å². The predicted molar refractivity (Wildman–Crippen MR) is 127 cm³/mol. The highest BCUT2D eigenvalue weighted by Crippen LogP contribution is 2.29. The molecule has 0 amide bonds. The molecule has 0 radical (unpaired) electrons. The van der Waals surface area contributed by atoms with Crippen molar-refractivity contribution in [2.24, 2.45) is 5.92 Å². The van der Waals surface area contributed by atoms with Crippen LogP contribution in [0.4, 0.5) is 0 Å². The molecule has 1 aliphatic heterocycles. The molecule has 170 valence electrons. The first-order valence-corrected chi connectivity index (χ1v) is 11.2. The Morgan fingerprint density at radius 1 is 0.970 bits per heavy atom. The number of benzene rings is 3. The molecule has 2 heterocycles. The van der Waals surface area contributed by atoms with Crippen molar-refractivity contribution < 1.29 is 24.1 Å². The van der Waals surface area contributed by atoms with Crippen LogP contribution in [0.1, 0.15) is 12.5 Å². The lowest BCUT2D eigenvalue weighted by Gasteiger charge is -2.34. The van der Waals surface area contributed by atoms with Gasteiger partial charge in [-0.25, -0.2) is 4.79 Å². The van der Waals surface area contributed by atoms with E-state index in [2.05, 4.69) is 53.1 Å². The number of aromatic nitrogens is 1. The molecule has 3 aromatic carbocycles. The van der Waals surface area contributed by atoms with Crippen LogP contribution in [0.25, 0.3) is 21.8 Å². The van der Waals surface area contributed by atoms with Gasteiger partial charge in [0.2, 0.25) is 0 Å². The topological polar surface area (TPSA) is 69.9 Å². The smallest absolute Gasteiger partial charge is 0.364 e. The van der Waals surface area contributed by atoms with Gasteiger partial charge in [0.15, 0.2) is 0 Å². The summed E-state index contributed by atoms with van der Waals surface area (Å²) in [6.07, 6.45) is 0.761. The van der Waals surface area contributed by atoms with Crippen molar-refractivity contribution in [1.29, 1.82) is 0 Å².